The molecule has 1 fully saturated rings. The van der Waals surface area contributed by atoms with E-state index in [0.29, 0.717) is 50.1 Å². The molecule has 9 heteroatoms. The van der Waals surface area contributed by atoms with Crippen LogP contribution in [-0.4, -0.2) is 65.2 Å². The maximum atomic E-state index is 13.0. The molecule has 30 heavy (non-hydrogen) atoms. The minimum Gasteiger partial charge on any atom is -0.494 e. The number of pyridine rings is 1. The Morgan fingerprint density at radius 2 is 1.63 bits per heavy atom. The average molecular weight is 428 g/mol. The van der Waals surface area contributed by atoms with Crippen LogP contribution in [0.5, 0.6) is 5.75 Å². The van der Waals surface area contributed by atoms with E-state index in [2.05, 4.69) is 15.0 Å². The van der Waals surface area contributed by atoms with Gasteiger partial charge in [0.1, 0.15) is 5.75 Å². The van der Waals surface area contributed by atoms with Crippen molar-refractivity contribution in [2.75, 3.05) is 32.8 Å². The molecule has 4 rings (SSSR count). The summed E-state index contributed by atoms with van der Waals surface area (Å²) in [7, 11) is -3.51. The van der Waals surface area contributed by atoms with Crippen molar-refractivity contribution in [3.63, 3.8) is 0 Å². The van der Waals surface area contributed by atoms with Gasteiger partial charge < -0.3 is 4.74 Å². The molecule has 1 aromatic carbocycles. The molecule has 0 atom stereocenters. The molecule has 8 nitrogen and oxygen atoms in total. The first kappa shape index (κ1) is 20.5. The zero-order chi connectivity index (χ0) is 21.0. The van der Waals surface area contributed by atoms with Crippen molar-refractivity contribution in [2.24, 2.45) is 0 Å². The maximum absolute atomic E-state index is 13.0. The van der Waals surface area contributed by atoms with Crippen molar-refractivity contribution in [1.29, 1.82) is 0 Å². The van der Waals surface area contributed by atoms with Crippen molar-refractivity contribution < 1.29 is 13.2 Å². The Hall–Kier alpha value is -2.75. The average Bonchev–Trinajstić information content (AvgIpc) is 3.23. The van der Waals surface area contributed by atoms with Gasteiger partial charge in [0.15, 0.2) is 0 Å². The fourth-order valence-corrected chi connectivity index (χ4v) is 4.96. The number of rotatable bonds is 7. The number of ether oxygens (including phenoxy) is 1. The van der Waals surface area contributed by atoms with Crippen LogP contribution in [0.15, 0.2) is 66.0 Å². The molecule has 0 bridgehead atoms. The van der Waals surface area contributed by atoms with Crippen LogP contribution in [0.1, 0.15) is 6.92 Å². The SMILES string of the molecule is CCOc1ccc(S(=O)(=O)N2CCN(Cn3nccc3-c3ccncc3)CC2)cc1. The van der Waals surface area contributed by atoms with Crippen molar-refractivity contribution in [1.82, 2.24) is 24.0 Å². The summed E-state index contributed by atoms with van der Waals surface area (Å²) >= 11 is 0. The second kappa shape index (κ2) is 8.95. The van der Waals surface area contributed by atoms with E-state index >= 15 is 0 Å². The Bertz CT molecular complexity index is 1060. The predicted molar refractivity (Wildman–Crippen MR) is 113 cm³/mol. The lowest BCUT2D eigenvalue weighted by atomic mass is 10.2. The molecule has 3 aromatic rings. The van der Waals surface area contributed by atoms with Crippen LogP contribution in [0.4, 0.5) is 0 Å². The van der Waals surface area contributed by atoms with E-state index in [0.717, 1.165) is 11.3 Å². The first-order valence-corrected chi connectivity index (χ1v) is 11.4. The molecule has 0 spiro atoms. The molecule has 0 radical (unpaired) electrons. The van der Waals surface area contributed by atoms with Crippen molar-refractivity contribution >= 4 is 10.0 Å². The fourth-order valence-electron chi connectivity index (χ4n) is 3.54. The molecule has 0 saturated carbocycles. The summed E-state index contributed by atoms with van der Waals surface area (Å²) in [6.07, 6.45) is 5.30. The maximum Gasteiger partial charge on any atom is 0.243 e. The van der Waals surface area contributed by atoms with Crippen molar-refractivity contribution in [3.05, 3.63) is 61.1 Å². The highest BCUT2D eigenvalue weighted by atomic mass is 32.2. The van der Waals surface area contributed by atoms with Crippen LogP contribution >= 0.6 is 0 Å². The highest BCUT2D eigenvalue weighted by Crippen LogP contribution is 2.22. The Kier molecular flexibility index (Phi) is 6.12. The van der Waals surface area contributed by atoms with Crippen LogP contribution in [0.25, 0.3) is 11.3 Å². The Morgan fingerprint density at radius 1 is 0.933 bits per heavy atom. The Balaban J connectivity index is 1.39. The van der Waals surface area contributed by atoms with E-state index in [1.807, 2.05) is 29.8 Å². The summed E-state index contributed by atoms with van der Waals surface area (Å²) in [5, 5.41) is 4.44. The van der Waals surface area contributed by atoms with Crippen molar-refractivity contribution in [3.8, 4) is 17.0 Å². The standard InChI is InChI=1S/C21H25N5O3S/c1-2-29-19-3-5-20(6-4-19)30(27,28)25-15-13-24(14-16-25)17-26-21(9-12-23-26)18-7-10-22-11-8-18/h3-12H,2,13-17H2,1H3. The molecule has 0 N–H and O–H groups in total. The smallest absolute Gasteiger partial charge is 0.243 e. The van der Waals surface area contributed by atoms with Crippen LogP contribution in [-0.2, 0) is 16.7 Å². The van der Waals surface area contributed by atoms with Crippen LogP contribution in [0, 0.1) is 0 Å². The second-order valence-electron chi connectivity index (χ2n) is 7.02. The molecule has 1 aliphatic rings. The number of aromatic nitrogens is 3. The topological polar surface area (TPSA) is 80.6 Å². The summed E-state index contributed by atoms with van der Waals surface area (Å²) < 4.78 is 34.8. The van der Waals surface area contributed by atoms with Gasteiger partial charge in [0.05, 0.1) is 23.9 Å². The fraction of sp³-hybridized carbons (Fsp3) is 0.333. The van der Waals surface area contributed by atoms with Crippen LogP contribution in [0.2, 0.25) is 0 Å². The van der Waals surface area contributed by atoms with Crippen LogP contribution < -0.4 is 4.74 Å². The van der Waals surface area contributed by atoms with Gasteiger partial charge in [-0.25, -0.2) is 8.42 Å². The number of sulfonamides is 1. The Morgan fingerprint density at radius 3 is 2.30 bits per heavy atom. The summed E-state index contributed by atoms with van der Waals surface area (Å²) in [5.41, 5.74) is 2.07. The molecule has 1 aliphatic heterocycles. The highest BCUT2D eigenvalue weighted by Gasteiger charge is 2.28. The molecule has 0 aliphatic carbocycles. The largest absolute Gasteiger partial charge is 0.494 e. The number of benzene rings is 1. The van der Waals surface area contributed by atoms with E-state index in [1.165, 1.54) is 0 Å². The Labute approximate surface area is 176 Å². The first-order valence-electron chi connectivity index (χ1n) is 9.95. The molecule has 0 amide bonds. The zero-order valence-electron chi connectivity index (χ0n) is 16.9. The van der Waals surface area contributed by atoms with Crippen molar-refractivity contribution in [2.45, 2.75) is 18.5 Å². The minimum atomic E-state index is -3.51. The quantitative estimate of drug-likeness (QED) is 0.576. The number of piperazine rings is 1. The van der Waals surface area contributed by atoms with Gasteiger partial charge in [-0.1, -0.05) is 0 Å². The molecule has 0 unspecified atom stereocenters. The molecule has 2 aromatic heterocycles. The van der Waals surface area contributed by atoms with E-state index in [-0.39, 0.29) is 0 Å². The van der Waals surface area contributed by atoms with E-state index < -0.39 is 10.0 Å². The number of hydrogen-bond acceptors (Lipinski definition) is 6. The summed E-state index contributed by atoms with van der Waals surface area (Å²) in [4.78, 5) is 6.57. The van der Waals surface area contributed by atoms with Gasteiger partial charge >= 0.3 is 0 Å². The van der Waals surface area contributed by atoms with Gasteiger partial charge in [-0.05, 0) is 49.4 Å². The lowest BCUT2D eigenvalue weighted by Gasteiger charge is -2.34. The zero-order valence-corrected chi connectivity index (χ0v) is 17.7. The van der Waals surface area contributed by atoms with E-state index in [1.54, 1.807) is 47.2 Å². The molecule has 158 valence electrons. The van der Waals surface area contributed by atoms with E-state index in [4.69, 9.17) is 4.74 Å². The van der Waals surface area contributed by atoms with Gasteiger partial charge in [-0.15, -0.1) is 0 Å². The molecule has 3 heterocycles. The lowest BCUT2D eigenvalue weighted by Crippen LogP contribution is -2.48. The van der Waals surface area contributed by atoms with Crippen LogP contribution in [0.3, 0.4) is 0 Å². The summed E-state index contributed by atoms with van der Waals surface area (Å²) in [6, 6.07) is 12.5. The third kappa shape index (κ3) is 4.38. The third-order valence-corrected chi connectivity index (χ3v) is 7.04. The minimum absolute atomic E-state index is 0.298. The second-order valence-corrected chi connectivity index (χ2v) is 8.96. The lowest BCUT2D eigenvalue weighted by molar-refractivity contribution is 0.146. The molecule has 1 saturated heterocycles. The van der Waals surface area contributed by atoms with Gasteiger partial charge in [0.25, 0.3) is 0 Å². The summed E-state index contributed by atoms with van der Waals surface area (Å²) in [5.74, 6) is 0.672. The molecular formula is C21H25N5O3S. The van der Waals surface area contributed by atoms with Gasteiger partial charge in [0, 0.05) is 50.3 Å². The van der Waals surface area contributed by atoms with Gasteiger partial charge in [-0.3, -0.25) is 14.6 Å². The third-order valence-electron chi connectivity index (χ3n) is 5.13. The predicted octanol–water partition coefficient (Wildman–Crippen LogP) is 2.31. The first-order chi connectivity index (χ1) is 14.6. The summed E-state index contributed by atoms with van der Waals surface area (Å²) in [6.45, 7) is 5.24. The monoisotopic (exact) mass is 427 g/mol. The van der Waals surface area contributed by atoms with E-state index in [9.17, 15) is 8.42 Å². The van der Waals surface area contributed by atoms with Gasteiger partial charge in [0.2, 0.25) is 10.0 Å². The van der Waals surface area contributed by atoms with Gasteiger partial charge in [-0.2, -0.15) is 9.40 Å². The normalized spacial score (nSPS) is 15.9. The number of nitrogens with zero attached hydrogens (tertiary/aromatic N) is 5. The molecular weight excluding hydrogens is 402 g/mol. The number of hydrogen-bond donors (Lipinski definition) is 0. The highest BCUT2D eigenvalue weighted by molar-refractivity contribution is 7.89.